The van der Waals surface area contributed by atoms with Gasteiger partial charge >= 0.3 is 0 Å². The number of aryl methyl sites for hydroxylation is 1. The van der Waals surface area contributed by atoms with Crippen molar-refractivity contribution in [1.29, 1.82) is 0 Å². The van der Waals surface area contributed by atoms with E-state index in [1.165, 1.54) is 18.2 Å². The first-order valence-electron chi connectivity index (χ1n) is 6.20. The molecule has 1 aromatic heterocycles. The van der Waals surface area contributed by atoms with Crippen LogP contribution in [-0.4, -0.2) is 10.1 Å². The number of benzene rings is 2. The Morgan fingerprint density at radius 1 is 1.00 bits per heavy atom. The summed E-state index contributed by atoms with van der Waals surface area (Å²) in [5.74, 6) is -0.371. The van der Waals surface area contributed by atoms with E-state index in [1.54, 1.807) is 25.1 Å². The van der Waals surface area contributed by atoms with Crippen LogP contribution in [0.2, 0.25) is 0 Å². The fraction of sp³-hybridized carbons (Fsp3) is 0.0667. The molecule has 21 heavy (non-hydrogen) atoms. The number of nitrogens with zero attached hydrogens (tertiary/aromatic N) is 2. The molecule has 106 valence electrons. The van der Waals surface area contributed by atoms with Crippen molar-refractivity contribution in [3.63, 3.8) is 0 Å². The van der Waals surface area contributed by atoms with Crippen molar-refractivity contribution >= 4 is 5.69 Å². The summed E-state index contributed by atoms with van der Waals surface area (Å²) in [6, 6.07) is 8.75. The van der Waals surface area contributed by atoms with Crippen LogP contribution >= 0.6 is 0 Å². The Kier molecular flexibility index (Phi) is 3.13. The maximum Gasteiger partial charge on any atom is 0.258 e. The van der Waals surface area contributed by atoms with Crippen molar-refractivity contribution in [2.24, 2.45) is 0 Å². The van der Waals surface area contributed by atoms with Gasteiger partial charge in [0.25, 0.3) is 5.89 Å². The molecular formula is C15H11F2N3O. The number of anilines is 1. The van der Waals surface area contributed by atoms with Crippen molar-refractivity contribution in [1.82, 2.24) is 10.1 Å². The molecule has 2 N–H and O–H groups in total. The number of halogens is 2. The van der Waals surface area contributed by atoms with Crippen LogP contribution in [0.5, 0.6) is 0 Å². The molecule has 1 heterocycles. The van der Waals surface area contributed by atoms with E-state index in [2.05, 4.69) is 10.1 Å². The van der Waals surface area contributed by atoms with E-state index in [0.717, 1.165) is 0 Å². The van der Waals surface area contributed by atoms with Crippen LogP contribution in [-0.2, 0) is 0 Å². The second-order valence-electron chi connectivity index (χ2n) is 4.62. The van der Waals surface area contributed by atoms with E-state index < -0.39 is 5.82 Å². The molecule has 0 atom stereocenters. The summed E-state index contributed by atoms with van der Waals surface area (Å²) in [7, 11) is 0. The Hall–Kier alpha value is -2.76. The molecule has 3 aromatic rings. The standard InChI is InChI=1S/C15H11F2N3O/c1-8-6-9(2-4-11(8)16)14-19-15(21-20-14)10-3-5-13(18)12(17)7-10/h2-7H,18H2,1H3. The maximum absolute atomic E-state index is 13.4. The van der Waals surface area contributed by atoms with Gasteiger partial charge in [0.15, 0.2) is 0 Å². The third-order valence-corrected chi connectivity index (χ3v) is 3.09. The number of rotatable bonds is 2. The number of hydrogen-bond acceptors (Lipinski definition) is 4. The maximum atomic E-state index is 13.4. The average Bonchev–Trinajstić information content (AvgIpc) is 2.94. The van der Waals surface area contributed by atoms with Gasteiger partial charge in [-0.3, -0.25) is 0 Å². The molecule has 3 rings (SSSR count). The minimum atomic E-state index is -0.551. The second kappa shape index (κ2) is 4.97. The van der Waals surface area contributed by atoms with Gasteiger partial charge in [-0.15, -0.1) is 0 Å². The Morgan fingerprint density at radius 3 is 2.48 bits per heavy atom. The first-order valence-corrected chi connectivity index (χ1v) is 6.20. The molecule has 0 aliphatic carbocycles. The zero-order chi connectivity index (χ0) is 15.0. The summed E-state index contributed by atoms with van der Waals surface area (Å²) < 4.78 is 31.8. The van der Waals surface area contributed by atoms with Gasteiger partial charge < -0.3 is 10.3 Å². The van der Waals surface area contributed by atoms with Crippen LogP contribution in [0.1, 0.15) is 5.56 Å². The van der Waals surface area contributed by atoms with Crippen molar-refractivity contribution in [2.75, 3.05) is 5.73 Å². The van der Waals surface area contributed by atoms with Crippen molar-refractivity contribution < 1.29 is 13.3 Å². The topological polar surface area (TPSA) is 64.9 Å². The molecule has 0 fully saturated rings. The van der Waals surface area contributed by atoms with Crippen molar-refractivity contribution in [3.8, 4) is 22.8 Å². The lowest BCUT2D eigenvalue weighted by atomic mass is 10.1. The van der Waals surface area contributed by atoms with Crippen LogP contribution < -0.4 is 5.73 Å². The summed E-state index contributed by atoms with van der Waals surface area (Å²) in [5.41, 5.74) is 7.00. The SMILES string of the molecule is Cc1cc(-c2noc(-c3ccc(N)c(F)c3)n2)ccc1F. The first kappa shape index (κ1) is 13.2. The molecular weight excluding hydrogens is 276 g/mol. The van der Waals surface area contributed by atoms with Crippen LogP contribution in [0.25, 0.3) is 22.8 Å². The molecule has 0 spiro atoms. The zero-order valence-corrected chi connectivity index (χ0v) is 11.1. The predicted molar refractivity (Wildman–Crippen MR) is 74.2 cm³/mol. The molecule has 0 saturated heterocycles. The number of nitrogen functional groups attached to an aromatic ring is 1. The molecule has 0 aliphatic heterocycles. The molecule has 0 aliphatic rings. The molecule has 0 bridgehead atoms. The highest BCUT2D eigenvalue weighted by atomic mass is 19.1. The molecule has 6 heteroatoms. The smallest absolute Gasteiger partial charge is 0.258 e. The highest BCUT2D eigenvalue weighted by Gasteiger charge is 2.13. The fourth-order valence-electron chi connectivity index (χ4n) is 1.90. The molecule has 2 aromatic carbocycles. The van der Waals surface area contributed by atoms with E-state index >= 15 is 0 Å². The third-order valence-electron chi connectivity index (χ3n) is 3.09. The van der Waals surface area contributed by atoms with Gasteiger partial charge in [0, 0.05) is 11.1 Å². The molecule has 0 amide bonds. The monoisotopic (exact) mass is 287 g/mol. The summed E-state index contributed by atoms with van der Waals surface area (Å²) >= 11 is 0. The van der Waals surface area contributed by atoms with Gasteiger partial charge in [0.05, 0.1) is 5.69 Å². The summed E-state index contributed by atoms with van der Waals surface area (Å²) in [4.78, 5) is 4.18. The molecule has 4 nitrogen and oxygen atoms in total. The minimum Gasteiger partial charge on any atom is -0.396 e. The lowest BCUT2D eigenvalue weighted by molar-refractivity contribution is 0.432. The number of nitrogens with two attached hydrogens (primary N) is 1. The van der Waals surface area contributed by atoms with Gasteiger partial charge in [0.1, 0.15) is 11.6 Å². The van der Waals surface area contributed by atoms with Gasteiger partial charge in [0.2, 0.25) is 5.82 Å². The van der Waals surface area contributed by atoms with E-state index in [1.807, 2.05) is 0 Å². The van der Waals surface area contributed by atoms with Crippen LogP contribution in [0.15, 0.2) is 40.9 Å². The van der Waals surface area contributed by atoms with Crippen LogP contribution in [0.4, 0.5) is 14.5 Å². The predicted octanol–water partition coefficient (Wildman–Crippen LogP) is 3.57. The van der Waals surface area contributed by atoms with Crippen molar-refractivity contribution in [3.05, 3.63) is 53.6 Å². The van der Waals surface area contributed by atoms with Gasteiger partial charge in [-0.1, -0.05) is 5.16 Å². The van der Waals surface area contributed by atoms with E-state index in [-0.39, 0.29) is 17.4 Å². The van der Waals surface area contributed by atoms with E-state index in [0.29, 0.717) is 22.5 Å². The van der Waals surface area contributed by atoms with Gasteiger partial charge in [-0.25, -0.2) is 8.78 Å². The average molecular weight is 287 g/mol. The molecule has 0 radical (unpaired) electrons. The van der Waals surface area contributed by atoms with Gasteiger partial charge in [-0.05, 0) is 48.9 Å². The van der Waals surface area contributed by atoms with Crippen molar-refractivity contribution in [2.45, 2.75) is 6.92 Å². The normalized spacial score (nSPS) is 10.8. The lowest BCUT2D eigenvalue weighted by Gasteiger charge is -1.98. The Bertz CT molecular complexity index is 748. The van der Waals surface area contributed by atoms with Gasteiger partial charge in [-0.2, -0.15) is 4.98 Å². The molecule has 0 saturated carbocycles. The Balaban J connectivity index is 1.99. The Morgan fingerprint density at radius 2 is 1.76 bits per heavy atom. The largest absolute Gasteiger partial charge is 0.396 e. The highest BCUT2D eigenvalue weighted by molar-refractivity contribution is 5.62. The fourth-order valence-corrected chi connectivity index (χ4v) is 1.90. The number of hydrogen-bond donors (Lipinski definition) is 1. The summed E-state index contributed by atoms with van der Waals surface area (Å²) in [6.07, 6.45) is 0. The van der Waals surface area contributed by atoms with E-state index in [4.69, 9.17) is 10.3 Å². The second-order valence-corrected chi connectivity index (χ2v) is 4.62. The van der Waals surface area contributed by atoms with Crippen LogP contribution in [0.3, 0.4) is 0 Å². The van der Waals surface area contributed by atoms with E-state index in [9.17, 15) is 8.78 Å². The molecule has 0 unspecified atom stereocenters. The number of aromatic nitrogens is 2. The quantitative estimate of drug-likeness (QED) is 0.732. The minimum absolute atomic E-state index is 0.0487. The zero-order valence-electron chi connectivity index (χ0n) is 11.1. The van der Waals surface area contributed by atoms with Crippen LogP contribution in [0, 0.1) is 18.6 Å². The summed E-state index contributed by atoms with van der Waals surface area (Å²) in [5, 5.41) is 3.82. The highest BCUT2D eigenvalue weighted by Crippen LogP contribution is 2.25. The summed E-state index contributed by atoms with van der Waals surface area (Å²) in [6.45, 7) is 1.65. The first-order chi connectivity index (χ1) is 10.0. The Labute approximate surface area is 119 Å². The lowest BCUT2D eigenvalue weighted by Crippen LogP contribution is -1.90. The third kappa shape index (κ3) is 2.47.